The highest BCUT2D eigenvalue weighted by Gasteiger charge is 2.38. The minimum atomic E-state index is -0.322. The van der Waals surface area contributed by atoms with Crippen LogP contribution in [0.1, 0.15) is 67.8 Å². The van der Waals surface area contributed by atoms with E-state index < -0.39 is 0 Å². The van der Waals surface area contributed by atoms with Gasteiger partial charge in [-0.15, -0.1) is 0 Å². The zero-order valence-corrected chi connectivity index (χ0v) is 24.5. The first-order valence-electron chi connectivity index (χ1n) is 14.6. The molecular formula is C35H43N3O3. The van der Waals surface area contributed by atoms with Crippen molar-refractivity contribution in [3.8, 4) is 11.3 Å². The number of hydrogen-bond acceptors (Lipinski definition) is 4. The average Bonchev–Trinajstić information content (AvgIpc) is 3.39. The van der Waals surface area contributed by atoms with Gasteiger partial charge in [-0.1, -0.05) is 106 Å². The van der Waals surface area contributed by atoms with Crippen LogP contribution in [0.2, 0.25) is 0 Å². The van der Waals surface area contributed by atoms with Crippen molar-refractivity contribution in [3.63, 3.8) is 0 Å². The smallest absolute Gasteiger partial charge is 0.254 e. The number of imidazole rings is 1. The lowest BCUT2D eigenvalue weighted by Gasteiger charge is -2.40. The predicted molar refractivity (Wildman–Crippen MR) is 164 cm³/mol. The molecule has 6 nitrogen and oxygen atoms in total. The van der Waals surface area contributed by atoms with Crippen LogP contribution in [0.4, 0.5) is 0 Å². The molecule has 1 atom stereocenters. The van der Waals surface area contributed by atoms with Gasteiger partial charge in [0.25, 0.3) is 5.91 Å². The van der Waals surface area contributed by atoms with E-state index in [1.165, 1.54) is 5.56 Å². The molecule has 2 N–H and O–H groups in total. The number of hydrogen-bond donors (Lipinski definition) is 2. The van der Waals surface area contributed by atoms with Gasteiger partial charge in [0.15, 0.2) is 0 Å². The molecule has 4 aromatic rings. The van der Waals surface area contributed by atoms with Crippen LogP contribution in [0.25, 0.3) is 11.3 Å². The highest BCUT2D eigenvalue weighted by Crippen LogP contribution is 2.40. The van der Waals surface area contributed by atoms with Crippen molar-refractivity contribution in [1.82, 2.24) is 14.5 Å². The second-order valence-electron chi connectivity index (χ2n) is 11.8. The molecule has 0 radical (unpaired) electrons. The second-order valence-corrected chi connectivity index (χ2v) is 11.8. The molecule has 0 spiro atoms. The van der Waals surface area contributed by atoms with Crippen LogP contribution >= 0.6 is 0 Å². The Bertz CT molecular complexity index is 1340. The lowest BCUT2D eigenvalue weighted by Crippen LogP contribution is -2.43. The van der Waals surface area contributed by atoms with Gasteiger partial charge in [-0.25, -0.2) is 4.98 Å². The molecule has 0 aliphatic heterocycles. The minimum Gasteiger partial charge on any atom is -0.396 e. The third-order valence-corrected chi connectivity index (χ3v) is 7.51. The predicted octanol–water partition coefficient (Wildman–Crippen LogP) is 6.60. The van der Waals surface area contributed by atoms with E-state index in [1.807, 2.05) is 71.6 Å². The maximum Gasteiger partial charge on any atom is 0.254 e. The number of unbranched alkanes of at least 4 members (excludes halogenated alkanes) is 1. The normalized spacial score (nSPS) is 12.4. The number of benzene rings is 3. The van der Waals surface area contributed by atoms with Gasteiger partial charge in [0.05, 0.1) is 11.7 Å². The van der Waals surface area contributed by atoms with Gasteiger partial charge >= 0.3 is 0 Å². The number of aliphatic hydroxyl groups excluding tert-OH is 2. The lowest BCUT2D eigenvalue weighted by molar-refractivity contribution is 0.0474. The Kier molecular flexibility index (Phi) is 10.5. The fourth-order valence-corrected chi connectivity index (χ4v) is 5.35. The number of rotatable bonds is 13. The molecule has 0 aliphatic carbocycles. The highest BCUT2D eigenvalue weighted by atomic mass is 16.3. The topological polar surface area (TPSA) is 78.6 Å². The highest BCUT2D eigenvalue weighted by molar-refractivity contribution is 5.94. The fraction of sp³-hybridized carbons (Fsp3) is 0.371. The Morgan fingerprint density at radius 2 is 1.44 bits per heavy atom. The van der Waals surface area contributed by atoms with Crippen LogP contribution in [0.15, 0.2) is 97.2 Å². The van der Waals surface area contributed by atoms with Gasteiger partial charge in [0.1, 0.15) is 5.82 Å². The average molecular weight is 554 g/mol. The summed E-state index contributed by atoms with van der Waals surface area (Å²) in [5, 5.41) is 19.1. The maximum atomic E-state index is 14.2. The summed E-state index contributed by atoms with van der Waals surface area (Å²) in [6, 6.07) is 29.7. The molecule has 0 aliphatic rings. The van der Waals surface area contributed by atoms with Gasteiger partial charge in [0, 0.05) is 49.5 Å². The quantitative estimate of drug-likeness (QED) is 0.183. The molecule has 1 aromatic heterocycles. The van der Waals surface area contributed by atoms with Crippen LogP contribution in [-0.2, 0) is 6.54 Å². The molecule has 0 unspecified atom stereocenters. The lowest BCUT2D eigenvalue weighted by atomic mass is 9.84. The summed E-state index contributed by atoms with van der Waals surface area (Å²) >= 11 is 0. The fourth-order valence-electron chi connectivity index (χ4n) is 5.35. The minimum absolute atomic E-state index is 0.0260. The number of amides is 1. The van der Waals surface area contributed by atoms with Crippen molar-refractivity contribution in [3.05, 3.63) is 114 Å². The Balaban J connectivity index is 1.78. The molecule has 6 heteroatoms. The van der Waals surface area contributed by atoms with E-state index in [1.54, 1.807) is 0 Å². The van der Waals surface area contributed by atoms with Crippen molar-refractivity contribution in [2.45, 2.75) is 52.6 Å². The molecule has 1 amide bonds. The van der Waals surface area contributed by atoms with Crippen molar-refractivity contribution in [1.29, 1.82) is 0 Å². The van der Waals surface area contributed by atoms with Gasteiger partial charge in [0.2, 0.25) is 0 Å². The SMILES string of the molecule is CC(C)(C)[C@H](c1nc(-c2ccccc2)cn1Cc1ccccc1)N(CCCCC(CO)CO)C(=O)c1ccccc1. The van der Waals surface area contributed by atoms with Crippen molar-refractivity contribution in [2.24, 2.45) is 11.3 Å². The van der Waals surface area contributed by atoms with Crippen LogP contribution in [-0.4, -0.2) is 50.3 Å². The molecule has 41 heavy (non-hydrogen) atoms. The first-order chi connectivity index (χ1) is 19.8. The zero-order chi connectivity index (χ0) is 29.2. The van der Waals surface area contributed by atoms with Crippen LogP contribution in [0.5, 0.6) is 0 Å². The van der Waals surface area contributed by atoms with Crippen molar-refractivity contribution in [2.75, 3.05) is 19.8 Å². The van der Waals surface area contributed by atoms with Crippen LogP contribution in [0.3, 0.4) is 0 Å². The summed E-state index contributed by atoms with van der Waals surface area (Å²) in [6.07, 6.45) is 4.37. The van der Waals surface area contributed by atoms with Crippen molar-refractivity contribution >= 4 is 5.91 Å². The molecule has 1 heterocycles. The van der Waals surface area contributed by atoms with Gasteiger partial charge in [-0.3, -0.25) is 4.79 Å². The third kappa shape index (κ3) is 7.93. The molecule has 4 rings (SSSR count). The van der Waals surface area contributed by atoms with Gasteiger partial charge in [-0.05, 0) is 36.0 Å². The van der Waals surface area contributed by atoms with E-state index >= 15 is 0 Å². The number of aromatic nitrogens is 2. The Labute approximate surface area is 244 Å². The summed E-state index contributed by atoms with van der Waals surface area (Å²) in [6.45, 7) is 7.61. The summed E-state index contributed by atoms with van der Waals surface area (Å²) in [4.78, 5) is 21.4. The van der Waals surface area contributed by atoms with Gasteiger partial charge in [-0.2, -0.15) is 0 Å². The van der Waals surface area contributed by atoms with Crippen LogP contribution in [0, 0.1) is 11.3 Å². The van der Waals surface area contributed by atoms with Crippen molar-refractivity contribution < 1.29 is 15.0 Å². The molecule has 0 fully saturated rings. The molecule has 0 saturated carbocycles. The molecule has 0 bridgehead atoms. The number of nitrogens with zero attached hydrogens (tertiary/aromatic N) is 3. The summed E-state index contributed by atoms with van der Waals surface area (Å²) in [7, 11) is 0. The molecule has 216 valence electrons. The largest absolute Gasteiger partial charge is 0.396 e. The second kappa shape index (κ2) is 14.2. The Morgan fingerprint density at radius 3 is 2.02 bits per heavy atom. The first kappa shape index (κ1) is 30.2. The molecular weight excluding hydrogens is 510 g/mol. The van der Waals surface area contributed by atoms with E-state index in [4.69, 9.17) is 4.98 Å². The summed E-state index contributed by atoms with van der Waals surface area (Å²) in [5.74, 6) is 0.694. The van der Waals surface area contributed by atoms with Gasteiger partial charge < -0.3 is 19.7 Å². The van der Waals surface area contributed by atoms with E-state index in [9.17, 15) is 15.0 Å². The summed E-state index contributed by atoms with van der Waals surface area (Å²) in [5.41, 5.74) is 3.41. The van der Waals surface area contributed by atoms with E-state index in [0.717, 1.165) is 29.9 Å². The Hall–Kier alpha value is -3.74. The van der Waals surface area contributed by atoms with E-state index in [-0.39, 0.29) is 36.5 Å². The molecule has 3 aromatic carbocycles. The third-order valence-electron chi connectivity index (χ3n) is 7.51. The zero-order valence-electron chi connectivity index (χ0n) is 24.5. The number of carbonyl (C=O) groups is 1. The van der Waals surface area contributed by atoms with E-state index in [0.29, 0.717) is 25.1 Å². The van der Waals surface area contributed by atoms with Crippen LogP contribution < -0.4 is 0 Å². The molecule has 0 saturated heterocycles. The summed E-state index contributed by atoms with van der Waals surface area (Å²) < 4.78 is 2.20. The first-order valence-corrected chi connectivity index (χ1v) is 14.6. The Morgan fingerprint density at radius 1 is 0.854 bits per heavy atom. The monoisotopic (exact) mass is 553 g/mol. The maximum absolute atomic E-state index is 14.2. The van der Waals surface area contributed by atoms with E-state index in [2.05, 4.69) is 55.8 Å². The number of aliphatic hydroxyl groups is 2. The standard InChI is InChI=1S/C35H43N3O3/c1-35(2,3)32(38(22-14-13-17-28(25-39)26-40)34(41)30-20-11-6-12-21-30)33-36-31(29-18-9-5-10-19-29)24-37(33)23-27-15-7-4-8-16-27/h4-12,15-16,18-21,24,28,32,39-40H,13-14,17,22-23,25-26H2,1-3H3/t32-/m0/s1. The number of carbonyl (C=O) groups excluding carboxylic acids is 1.